The summed E-state index contributed by atoms with van der Waals surface area (Å²) in [5, 5.41) is 0. The van der Waals surface area contributed by atoms with Crippen LogP contribution in [0.1, 0.15) is 13.8 Å². The Hall–Kier alpha value is -2.24. The number of amides is 2. The van der Waals surface area contributed by atoms with Gasteiger partial charge in [-0.05, 0) is 19.1 Å². The van der Waals surface area contributed by atoms with Crippen molar-refractivity contribution in [2.75, 3.05) is 13.2 Å². The molecule has 1 aromatic carbocycles. The van der Waals surface area contributed by atoms with Gasteiger partial charge >= 0.3 is 0 Å². The Morgan fingerprint density at radius 3 is 2.28 bits per heavy atom. The third kappa shape index (κ3) is 4.73. The van der Waals surface area contributed by atoms with E-state index in [0.717, 1.165) is 0 Å². The van der Waals surface area contributed by atoms with Crippen molar-refractivity contribution in [3.63, 3.8) is 0 Å². The van der Waals surface area contributed by atoms with Gasteiger partial charge < -0.3 is 9.47 Å². The second-order valence-corrected chi connectivity index (χ2v) is 3.40. The molecule has 0 saturated heterocycles. The summed E-state index contributed by atoms with van der Waals surface area (Å²) in [5.74, 6) is 0.263. The van der Waals surface area contributed by atoms with E-state index in [1.165, 1.54) is 6.92 Å². The van der Waals surface area contributed by atoms with Gasteiger partial charge in [-0.15, -0.1) is 0 Å². The lowest BCUT2D eigenvalue weighted by Gasteiger charge is -2.11. The highest BCUT2D eigenvalue weighted by Gasteiger charge is 2.07. The quantitative estimate of drug-likeness (QED) is 0.754. The van der Waals surface area contributed by atoms with Crippen molar-refractivity contribution in [1.29, 1.82) is 0 Å². The molecule has 0 fully saturated rings. The van der Waals surface area contributed by atoms with Crippen LogP contribution in [0.15, 0.2) is 24.3 Å². The van der Waals surface area contributed by atoms with Crippen LogP contribution < -0.4 is 20.3 Å². The maximum absolute atomic E-state index is 11.3. The zero-order valence-electron chi connectivity index (χ0n) is 10.4. The van der Waals surface area contributed by atoms with Gasteiger partial charge in [0, 0.05) is 6.92 Å². The minimum Gasteiger partial charge on any atom is -0.490 e. The van der Waals surface area contributed by atoms with Crippen LogP contribution in [-0.4, -0.2) is 25.0 Å². The minimum atomic E-state index is -0.448. The van der Waals surface area contributed by atoms with Crippen molar-refractivity contribution >= 4 is 11.8 Å². The van der Waals surface area contributed by atoms with E-state index in [0.29, 0.717) is 18.1 Å². The first-order valence-corrected chi connectivity index (χ1v) is 5.53. The van der Waals surface area contributed by atoms with Gasteiger partial charge in [0.05, 0.1) is 6.61 Å². The molecule has 0 unspecified atom stereocenters. The molecule has 2 amide bonds. The van der Waals surface area contributed by atoms with Gasteiger partial charge in [-0.1, -0.05) is 12.1 Å². The van der Waals surface area contributed by atoms with E-state index in [-0.39, 0.29) is 12.5 Å². The summed E-state index contributed by atoms with van der Waals surface area (Å²) in [6, 6.07) is 7.06. The number of carbonyl (C=O) groups is 2. The number of ether oxygens (including phenoxy) is 2. The van der Waals surface area contributed by atoms with E-state index in [4.69, 9.17) is 9.47 Å². The molecule has 0 aliphatic carbocycles. The Morgan fingerprint density at radius 2 is 1.72 bits per heavy atom. The average molecular weight is 252 g/mol. The normalized spacial score (nSPS) is 9.44. The third-order valence-electron chi connectivity index (χ3n) is 1.89. The number of carbonyl (C=O) groups excluding carboxylic acids is 2. The molecule has 18 heavy (non-hydrogen) atoms. The molecular weight excluding hydrogens is 236 g/mol. The molecule has 0 bridgehead atoms. The molecule has 2 N–H and O–H groups in total. The number of benzene rings is 1. The predicted octanol–water partition coefficient (Wildman–Crippen LogP) is 0.631. The van der Waals surface area contributed by atoms with E-state index in [2.05, 4.69) is 10.9 Å². The van der Waals surface area contributed by atoms with Gasteiger partial charge in [-0.3, -0.25) is 20.4 Å². The lowest BCUT2D eigenvalue weighted by atomic mass is 10.3. The monoisotopic (exact) mass is 252 g/mol. The molecule has 0 radical (unpaired) electrons. The number of rotatable bonds is 5. The number of hydrogen-bond donors (Lipinski definition) is 2. The number of hydrogen-bond acceptors (Lipinski definition) is 4. The van der Waals surface area contributed by atoms with Crippen LogP contribution in [0.5, 0.6) is 11.5 Å². The van der Waals surface area contributed by atoms with Crippen LogP contribution in [0.3, 0.4) is 0 Å². The summed E-state index contributed by atoms with van der Waals surface area (Å²) in [4.78, 5) is 21.9. The lowest BCUT2D eigenvalue weighted by Crippen LogP contribution is -2.42. The van der Waals surface area contributed by atoms with Crippen molar-refractivity contribution in [2.24, 2.45) is 0 Å². The fourth-order valence-electron chi connectivity index (χ4n) is 1.18. The maximum Gasteiger partial charge on any atom is 0.276 e. The van der Waals surface area contributed by atoms with Crippen molar-refractivity contribution in [1.82, 2.24) is 10.9 Å². The second-order valence-electron chi connectivity index (χ2n) is 3.40. The minimum absolute atomic E-state index is 0.204. The summed E-state index contributed by atoms with van der Waals surface area (Å²) in [7, 11) is 0. The molecule has 0 aliphatic heterocycles. The highest BCUT2D eigenvalue weighted by Crippen LogP contribution is 2.25. The van der Waals surface area contributed by atoms with E-state index in [1.54, 1.807) is 18.2 Å². The third-order valence-corrected chi connectivity index (χ3v) is 1.89. The molecule has 0 atom stereocenters. The van der Waals surface area contributed by atoms with E-state index < -0.39 is 5.91 Å². The summed E-state index contributed by atoms with van der Waals surface area (Å²) in [6.45, 7) is 3.47. The van der Waals surface area contributed by atoms with Gasteiger partial charge in [0.25, 0.3) is 5.91 Å². The number of hydrazine groups is 1. The smallest absolute Gasteiger partial charge is 0.276 e. The topological polar surface area (TPSA) is 76.7 Å². The summed E-state index contributed by atoms with van der Waals surface area (Å²) >= 11 is 0. The van der Waals surface area contributed by atoms with Crippen molar-refractivity contribution in [3.8, 4) is 11.5 Å². The largest absolute Gasteiger partial charge is 0.490 e. The zero-order chi connectivity index (χ0) is 13.4. The van der Waals surface area contributed by atoms with E-state index in [1.807, 2.05) is 13.0 Å². The molecule has 0 saturated carbocycles. The first kappa shape index (κ1) is 13.8. The molecule has 0 spiro atoms. The lowest BCUT2D eigenvalue weighted by molar-refractivity contribution is -0.129. The molecule has 1 rings (SSSR count). The van der Waals surface area contributed by atoms with Crippen molar-refractivity contribution in [2.45, 2.75) is 13.8 Å². The van der Waals surface area contributed by atoms with Crippen LogP contribution >= 0.6 is 0 Å². The fraction of sp³-hybridized carbons (Fsp3) is 0.333. The predicted molar refractivity (Wildman–Crippen MR) is 65.1 cm³/mol. The molecular formula is C12H16N2O4. The molecule has 6 heteroatoms. The van der Waals surface area contributed by atoms with Crippen molar-refractivity contribution < 1.29 is 19.1 Å². The molecule has 6 nitrogen and oxygen atoms in total. The highest BCUT2D eigenvalue weighted by atomic mass is 16.5. The molecule has 98 valence electrons. The van der Waals surface area contributed by atoms with Crippen LogP contribution in [0.4, 0.5) is 0 Å². The fourth-order valence-corrected chi connectivity index (χ4v) is 1.18. The van der Waals surface area contributed by atoms with Crippen LogP contribution in [-0.2, 0) is 9.59 Å². The van der Waals surface area contributed by atoms with Crippen LogP contribution in [0, 0.1) is 0 Å². The van der Waals surface area contributed by atoms with E-state index >= 15 is 0 Å². The number of para-hydroxylation sites is 2. The first-order chi connectivity index (χ1) is 8.63. The Morgan fingerprint density at radius 1 is 1.11 bits per heavy atom. The highest BCUT2D eigenvalue weighted by molar-refractivity contribution is 5.81. The first-order valence-electron chi connectivity index (χ1n) is 5.53. The average Bonchev–Trinajstić information content (AvgIpc) is 2.35. The maximum atomic E-state index is 11.3. The Kier molecular flexibility index (Phi) is 5.50. The van der Waals surface area contributed by atoms with Gasteiger partial charge in [0.15, 0.2) is 18.1 Å². The summed E-state index contributed by atoms with van der Waals surface area (Å²) < 4.78 is 10.6. The molecule has 0 aliphatic rings. The Labute approximate surface area is 105 Å². The molecule has 0 aromatic heterocycles. The standard InChI is InChI=1S/C12H16N2O4/c1-3-17-10-6-4-5-7-11(10)18-8-12(16)14-13-9(2)15/h4-7H,3,8H2,1-2H3,(H,13,15)(H,14,16). The second kappa shape index (κ2) is 7.16. The summed E-state index contributed by atoms with van der Waals surface area (Å²) in [5.41, 5.74) is 4.37. The van der Waals surface area contributed by atoms with Gasteiger partial charge in [0.1, 0.15) is 0 Å². The zero-order valence-corrected chi connectivity index (χ0v) is 10.4. The Balaban J connectivity index is 2.47. The SMILES string of the molecule is CCOc1ccccc1OCC(=O)NNC(C)=O. The van der Waals surface area contributed by atoms with Gasteiger partial charge in [-0.25, -0.2) is 0 Å². The molecule has 1 aromatic rings. The van der Waals surface area contributed by atoms with Crippen LogP contribution in [0.2, 0.25) is 0 Å². The van der Waals surface area contributed by atoms with E-state index in [9.17, 15) is 9.59 Å². The van der Waals surface area contributed by atoms with Gasteiger partial charge in [-0.2, -0.15) is 0 Å². The molecule has 0 heterocycles. The van der Waals surface area contributed by atoms with Crippen molar-refractivity contribution in [3.05, 3.63) is 24.3 Å². The van der Waals surface area contributed by atoms with Crippen LogP contribution in [0.25, 0.3) is 0 Å². The summed E-state index contributed by atoms with van der Waals surface area (Å²) in [6.07, 6.45) is 0. The number of nitrogens with one attached hydrogen (secondary N) is 2. The Bertz CT molecular complexity index is 420. The van der Waals surface area contributed by atoms with Gasteiger partial charge in [0.2, 0.25) is 5.91 Å².